The van der Waals surface area contributed by atoms with Crippen LogP contribution in [0.1, 0.15) is 29.2 Å². The molecule has 0 aromatic heterocycles. The standard InChI is InChI=1S/C19H20F3NO2/c1-12-7-13(2)9-17(8-12)25-14(3)18(24)23-11-15-5-4-6-16(10-15)19(20,21)22/h4-10,14H,11H2,1-3H3,(H,23,24)/t14-/m0/s1. The maximum absolute atomic E-state index is 12.7. The number of halogens is 3. The van der Waals surface area contributed by atoms with Gasteiger partial charge in [-0.05, 0) is 61.7 Å². The first kappa shape index (κ1) is 18.8. The van der Waals surface area contributed by atoms with Crippen LogP contribution in [0.4, 0.5) is 13.2 Å². The molecule has 0 radical (unpaired) electrons. The number of carbonyl (C=O) groups is 1. The van der Waals surface area contributed by atoms with E-state index in [1.54, 1.807) is 6.92 Å². The molecule has 0 saturated heterocycles. The van der Waals surface area contributed by atoms with Crippen LogP contribution in [0.15, 0.2) is 42.5 Å². The summed E-state index contributed by atoms with van der Waals surface area (Å²) >= 11 is 0. The van der Waals surface area contributed by atoms with Gasteiger partial charge in [-0.2, -0.15) is 13.2 Å². The zero-order chi connectivity index (χ0) is 18.6. The first-order valence-corrected chi connectivity index (χ1v) is 7.84. The smallest absolute Gasteiger partial charge is 0.416 e. The van der Waals surface area contributed by atoms with E-state index in [1.165, 1.54) is 12.1 Å². The van der Waals surface area contributed by atoms with Gasteiger partial charge >= 0.3 is 6.18 Å². The first-order chi connectivity index (χ1) is 11.6. The number of benzene rings is 2. The monoisotopic (exact) mass is 351 g/mol. The molecule has 134 valence electrons. The number of aryl methyl sites for hydroxylation is 2. The van der Waals surface area contributed by atoms with Gasteiger partial charge in [-0.15, -0.1) is 0 Å². The van der Waals surface area contributed by atoms with Gasteiger partial charge in [0.2, 0.25) is 0 Å². The van der Waals surface area contributed by atoms with Crippen LogP contribution < -0.4 is 10.1 Å². The van der Waals surface area contributed by atoms with Gasteiger partial charge in [-0.3, -0.25) is 4.79 Å². The SMILES string of the molecule is Cc1cc(C)cc(O[C@@H](C)C(=O)NCc2cccc(C(F)(F)F)c2)c1. The molecule has 1 amide bonds. The second-order valence-electron chi connectivity index (χ2n) is 6.00. The van der Waals surface area contributed by atoms with E-state index in [0.29, 0.717) is 11.3 Å². The Hall–Kier alpha value is -2.50. The molecule has 3 nitrogen and oxygen atoms in total. The molecule has 0 aliphatic rings. The van der Waals surface area contributed by atoms with E-state index in [4.69, 9.17) is 4.74 Å². The Bertz CT molecular complexity index is 736. The fourth-order valence-electron chi connectivity index (χ4n) is 2.45. The summed E-state index contributed by atoms with van der Waals surface area (Å²) < 4.78 is 43.7. The normalized spacial score (nSPS) is 12.6. The Kier molecular flexibility index (Phi) is 5.72. The molecule has 1 N–H and O–H groups in total. The maximum atomic E-state index is 12.7. The van der Waals surface area contributed by atoms with Crippen molar-refractivity contribution in [2.24, 2.45) is 0 Å². The van der Waals surface area contributed by atoms with Crippen molar-refractivity contribution >= 4 is 5.91 Å². The summed E-state index contributed by atoms with van der Waals surface area (Å²) in [6.45, 7) is 5.46. The summed E-state index contributed by atoms with van der Waals surface area (Å²) in [6, 6.07) is 10.5. The largest absolute Gasteiger partial charge is 0.481 e. The van der Waals surface area contributed by atoms with Gasteiger partial charge in [0.05, 0.1) is 5.56 Å². The van der Waals surface area contributed by atoms with Crippen molar-refractivity contribution in [1.29, 1.82) is 0 Å². The van der Waals surface area contributed by atoms with Crippen LogP contribution in [0, 0.1) is 13.8 Å². The molecule has 0 unspecified atom stereocenters. The zero-order valence-corrected chi connectivity index (χ0v) is 14.3. The van der Waals surface area contributed by atoms with E-state index >= 15 is 0 Å². The molecule has 0 aliphatic heterocycles. The molecule has 1 atom stereocenters. The van der Waals surface area contributed by atoms with Crippen molar-refractivity contribution in [3.63, 3.8) is 0 Å². The second-order valence-corrected chi connectivity index (χ2v) is 6.00. The van der Waals surface area contributed by atoms with Crippen molar-refractivity contribution in [3.8, 4) is 5.75 Å². The molecule has 0 fully saturated rings. The van der Waals surface area contributed by atoms with Crippen LogP contribution in [0.5, 0.6) is 5.75 Å². The van der Waals surface area contributed by atoms with Crippen LogP contribution in [0.3, 0.4) is 0 Å². The lowest BCUT2D eigenvalue weighted by Crippen LogP contribution is -2.36. The minimum atomic E-state index is -4.40. The highest BCUT2D eigenvalue weighted by Crippen LogP contribution is 2.29. The average molecular weight is 351 g/mol. The van der Waals surface area contributed by atoms with E-state index in [1.807, 2.05) is 32.0 Å². The topological polar surface area (TPSA) is 38.3 Å². The Morgan fingerprint density at radius 1 is 1.12 bits per heavy atom. The number of alkyl halides is 3. The van der Waals surface area contributed by atoms with Gasteiger partial charge in [-0.25, -0.2) is 0 Å². The van der Waals surface area contributed by atoms with E-state index in [2.05, 4.69) is 5.32 Å². The van der Waals surface area contributed by atoms with Crippen LogP contribution in [0.2, 0.25) is 0 Å². The summed E-state index contributed by atoms with van der Waals surface area (Å²) in [4.78, 5) is 12.1. The highest BCUT2D eigenvalue weighted by atomic mass is 19.4. The van der Waals surface area contributed by atoms with Crippen molar-refractivity contribution in [3.05, 3.63) is 64.7 Å². The van der Waals surface area contributed by atoms with Gasteiger partial charge in [0, 0.05) is 6.54 Å². The quantitative estimate of drug-likeness (QED) is 0.867. The molecule has 2 aromatic carbocycles. The van der Waals surface area contributed by atoms with E-state index < -0.39 is 23.8 Å². The summed E-state index contributed by atoms with van der Waals surface area (Å²) in [5, 5.41) is 2.60. The summed E-state index contributed by atoms with van der Waals surface area (Å²) in [5.74, 6) is 0.191. The second kappa shape index (κ2) is 7.59. The number of hydrogen-bond acceptors (Lipinski definition) is 2. The number of hydrogen-bond donors (Lipinski definition) is 1. The maximum Gasteiger partial charge on any atom is 0.416 e. The first-order valence-electron chi connectivity index (χ1n) is 7.84. The number of carbonyl (C=O) groups excluding carboxylic acids is 1. The average Bonchev–Trinajstić information content (AvgIpc) is 2.51. The van der Waals surface area contributed by atoms with Crippen LogP contribution in [-0.2, 0) is 17.5 Å². The van der Waals surface area contributed by atoms with E-state index in [0.717, 1.165) is 23.3 Å². The van der Waals surface area contributed by atoms with E-state index in [-0.39, 0.29) is 6.54 Å². The summed E-state index contributed by atoms with van der Waals surface area (Å²) in [7, 11) is 0. The van der Waals surface area contributed by atoms with Crippen molar-refractivity contribution in [2.75, 3.05) is 0 Å². The molecule has 0 heterocycles. The van der Waals surface area contributed by atoms with Crippen LogP contribution in [0.25, 0.3) is 0 Å². The van der Waals surface area contributed by atoms with E-state index in [9.17, 15) is 18.0 Å². The Morgan fingerprint density at radius 3 is 2.36 bits per heavy atom. The molecule has 2 aromatic rings. The Balaban J connectivity index is 1.95. The lowest BCUT2D eigenvalue weighted by molar-refractivity contribution is -0.137. The molecule has 0 aliphatic carbocycles. The molecule has 6 heteroatoms. The molecule has 25 heavy (non-hydrogen) atoms. The van der Waals surface area contributed by atoms with Crippen molar-refractivity contribution in [2.45, 2.75) is 39.6 Å². The number of ether oxygens (including phenoxy) is 1. The molecule has 0 saturated carbocycles. The number of rotatable bonds is 5. The fourth-order valence-corrected chi connectivity index (χ4v) is 2.45. The molecule has 0 bridgehead atoms. The van der Waals surface area contributed by atoms with Crippen LogP contribution in [-0.4, -0.2) is 12.0 Å². The third-order valence-electron chi connectivity index (χ3n) is 3.60. The highest BCUT2D eigenvalue weighted by Gasteiger charge is 2.30. The molecular weight excluding hydrogens is 331 g/mol. The highest BCUT2D eigenvalue weighted by molar-refractivity contribution is 5.80. The predicted octanol–water partition coefficient (Wildman–Crippen LogP) is 4.41. The predicted molar refractivity (Wildman–Crippen MR) is 89.3 cm³/mol. The molecule has 2 rings (SSSR count). The van der Waals surface area contributed by atoms with Crippen molar-refractivity contribution in [1.82, 2.24) is 5.32 Å². The minimum Gasteiger partial charge on any atom is -0.481 e. The van der Waals surface area contributed by atoms with Gasteiger partial charge in [-0.1, -0.05) is 18.2 Å². The number of amides is 1. The van der Waals surface area contributed by atoms with Crippen LogP contribution >= 0.6 is 0 Å². The number of nitrogens with one attached hydrogen (secondary N) is 1. The van der Waals surface area contributed by atoms with Crippen molar-refractivity contribution < 1.29 is 22.7 Å². The summed E-state index contributed by atoms with van der Waals surface area (Å²) in [6.07, 6.45) is -5.16. The third-order valence-corrected chi connectivity index (χ3v) is 3.60. The lowest BCUT2D eigenvalue weighted by atomic mass is 10.1. The van der Waals surface area contributed by atoms with Gasteiger partial charge in [0.25, 0.3) is 5.91 Å². The van der Waals surface area contributed by atoms with Gasteiger partial charge in [0.1, 0.15) is 5.75 Å². The Morgan fingerprint density at radius 2 is 1.76 bits per heavy atom. The van der Waals surface area contributed by atoms with Gasteiger partial charge < -0.3 is 10.1 Å². The van der Waals surface area contributed by atoms with Gasteiger partial charge in [0.15, 0.2) is 6.10 Å². The molecular formula is C19H20F3NO2. The molecule has 0 spiro atoms. The summed E-state index contributed by atoms with van der Waals surface area (Å²) in [5.41, 5.74) is 1.68. The third kappa shape index (κ3) is 5.52. The zero-order valence-electron chi connectivity index (χ0n) is 14.3. The minimum absolute atomic E-state index is 0.00327. The Labute approximate surface area is 144 Å². The lowest BCUT2D eigenvalue weighted by Gasteiger charge is -2.16. The fraction of sp³-hybridized carbons (Fsp3) is 0.316.